The lowest BCUT2D eigenvalue weighted by Gasteiger charge is -2.13. The quantitative estimate of drug-likeness (QED) is 0.191. The van der Waals surface area contributed by atoms with Crippen LogP contribution < -0.4 is 0 Å². The Balaban J connectivity index is 0.000000525. The van der Waals surface area contributed by atoms with E-state index in [4.69, 9.17) is 10.2 Å². The van der Waals surface area contributed by atoms with Crippen molar-refractivity contribution in [1.82, 2.24) is 0 Å². The van der Waals surface area contributed by atoms with E-state index in [-0.39, 0.29) is 5.76 Å². The first-order valence-electron chi connectivity index (χ1n) is 9.85. The molecule has 0 saturated carbocycles. The van der Waals surface area contributed by atoms with E-state index in [1.165, 1.54) is 51.4 Å². The van der Waals surface area contributed by atoms with Crippen molar-refractivity contribution in [2.24, 2.45) is 0 Å². The smallest absolute Gasteiger partial charge is 0.481 e. The summed E-state index contributed by atoms with van der Waals surface area (Å²) in [4.78, 5) is 29.1. The third kappa shape index (κ3) is 10.6. The second-order valence-corrected chi connectivity index (χ2v) is 6.88. The number of hydrogen-bond donors (Lipinski definition) is 2. The summed E-state index contributed by atoms with van der Waals surface area (Å²) in [6.07, 6.45) is 15.3. The van der Waals surface area contributed by atoms with Gasteiger partial charge >= 0.3 is 11.6 Å². The Morgan fingerprint density at radius 2 is 1.46 bits per heavy atom. The van der Waals surface area contributed by atoms with Crippen molar-refractivity contribution in [3.05, 3.63) is 44.2 Å². The molecular formula is C19H32N2O7. The van der Waals surface area contributed by atoms with Crippen LogP contribution in [0.3, 0.4) is 0 Å². The fourth-order valence-electron chi connectivity index (χ4n) is 2.71. The maximum atomic E-state index is 10.4. The van der Waals surface area contributed by atoms with Crippen molar-refractivity contribution in [1.29, 1.82) is 0 Å². The summed E-state index contributed by atoms with van der Waals surface area (Å²) in [5, 5.41) is 38.1. The van der Waals surface area contributed by atoms with E-state index in [2.05, 4.69) is 6.92 Å². The molecule has 0 fully saturated rings. The van der Waals surface area contributed by atoms with Gasteiger partial charge in [-0.1, -0.05) is 64.7 Å². The van der Waals surface area contributed by atoms with E-state index in [1.54, 1.807) is 0 Å². The average molecular weight is 400 g/mol. The number of carboxylic acids is 1. The third-order valence-electron chi connectivity index (χ3n) is 4.51. The molecular weight excluding hydrogens is 368 g/mol. The summed E-state index contributed by atoms with van der Waals surface area (Å²) in [6, 6.07) is 0. The fourth-order valence-corrected chi connectivity index (χ4v) is 2.71. The maximum absolute atomic E-state index is 10.4. The molecule has 0 bridgehead atoms. The van der Waals surface area contributed by atoms with E-state index in [1.807, 2.05) is 0 Å². The summed E-state index contributed by atoms with van der Waals surface area (Å²) in [5.74, 6) is -0.853. The predicted molar refractivity (Wildman–Crippen MR) is 105 cm³/mol. The summed E-state index contributed by atoms with van der Waals surface area (Å²) in [7, 11) is 0. The molecule has 0 heterocycles. The van der Waals surface area contributed by atoms with Crippen molar-refractivity contribution < 1.29 is 24.9 Å². The molecule has 2 N–H and O–H groups in total. The van der Waals surface area contributed by atoms with Gasteiger partial charge in [0.05, 0.1) is 6.08 Å². The van der Waals surface area contributed by atoms with Crippen LogP contribution in [0, 0.1) is 20.2 Å². The lowest BCUT2D eigenvalue weighted by Crippen LogP contribution is -2.44. The van der Waals surface area contributed by atoms with Gasteiger partial charge < -0.3 is 10.2 Å². The van der Waals surface area contributed by atoms with E-state index in [0.29, 0.717) is 6.42 Å². The summed E-state index contributed by atoms with van der Waals surface area (Å²) < 4.78 is 0. The molecule has 9 heteroatoms. The largest absolute Gasteiger partial charge is 0.508 e. The Morgan fingerprint density at radius 3 is 1.82 bits per heavy atom. The summed E-state index contributed by atoms with van der Waals surface area (Å²) in [6.45, 7) is 2.24. The van der Waals surface area contributed by atoms with Gasteiger partial charge in [-0.05, 0) is 18.6 Å². The van der Waals surface area contributed by atoms with Crippen LogP contribution in [0.15, 0.2) is 24.0 Å². The number of carbonyl (C=O) groups is 1. The first-order valence-corrected chi connectivity index (χ1v) is 9.85. The van der Waals surface area contributed by atoms with Crippen molar-refractivity contribution in [2.75, 3.05) is 0 Å². The van der Waals surface area contributed by atoms with Crippen LogP contribution in [-0.2, 0) is 4.79 Å². The van der Waals surface area contributed by atoms with Gasteiger partial charge in [0.2, 0.25) is 0 Å². The lowest BCUT2D eigenvalue weighted by molar-refractivity contribution is -0.780. The monoisotopic (exact) mass is 400 g/mol. The van der Waals surface area contributed by atoms with Crippen LogP contribution in [0.4, 0.5) is 0 Å². The van der Waals surface area contributed by atoms with Crippen LogP contribution in [0.1, 0.15) is 84.0 Å². The number of aliphatic carboxylic acids is 1. The zero-order valence-electron chi connectivity index (χ0n) is 16.5. The van der Waals surface area contributed by atoms with Crippen molar-refractivity contribution in [3.63, 3.8) is 0 Å². The van der Waals surface area contributed by atoms with Gasteiger partial charge in [-0.15, -0.1) is 0 Å². The molecule has 160 valence electrons. The minimum Gasteiger partial charge on any atom is -0.508 e. The van der Waals surface area contributed by atoms with Crippen molar-refractivity contribution in [2.45, 2.75) is 89.6 Å². The highest BCUT2D eigenvalue weighted by molar-refractivity contribution is 5.66. The number of nitrogens with zero attached hydrogens (tertiary/aromatic N) is 2. The third-order valence-corrected chi connectivity index (χ3v) is 4.51. The molecule has 1 aliphatic carbocycles. The lowest BCUT2D eigenvalue weighted by atomic mass is 10.0. The van der Waals surface area contributed by atoms with Gasteiger partial charge in [0.25, 0.3) is 0 Å². The van der Waals surface area contributed by atoms with Crippen molar-refractivity contribution in [3.8, 4) is 0 Å². The van der Waals surface area contributed by atoms with E-state index in [0.717, 1.165) is 31.1 Å². The van der Waals surface area contributed by atoms with Crippen LogP contribution in [0.25, 0.3) is 0 Å². The number of allylic oxidation sites excluding steroid dienone is 1. The van der Waals surface area contributed by atoms with Gasteiger partial charge in [-0.2, -0.15) is 0 Å². The highest BCUT2D eigenvalue weighted by Gasteiger charge is 2.53. The summed E-state index contributed by atoms with van der Waals surface area (Å²) in [5.41, 5.74) is -2.31. The fraction of sp³-hybridized carbons (Fsp3) is 0.737. The van der Waals surface area contributed by atoms with Crippen LogP contribution >= 0.6 is 0 Å². The number of unbranched alkanes of at least 4 members (excludes halogenated alkanes) is 9. The number of aliphatic hydroxyl groups is 1. The van der Waals surface area contributed by atoms with Gasteiger partial charge in [0.15, 0.2) is 0 Å². The van der Waals surface area contributed by atoms with E-state index in [9.17, 15) is 25.0 Å². The van der Waals surface area contributed by atoms with Crippen molar-refractivity contribution >= 4 is 5.97 Å². The number of carboxylic acid groups (broad SMARTS) is 1. The Kier molecular flexibility index (Phi) is 13.3. The SMILES string of the molecule is CCCCCCCCCCCCC(=O)O.O=[N+]([O-])C1([N+](=O)[O-])C=CC(O)=CC1. The molecule has 0 unspecified atom stereocenters. The van der Waals surface area contributed by atoms with Crippen LogP contribution in [0.2, 0.25) is 0 Å². The zero-order valence-corrected chi connectivity index (χ0v) is 16.5. The molecule has 0 aromatic carbocycles. The second kappa shape index (κ2) is 14.6. The molecule has 0 aromatic heterocycles. The minimum atomic E-state index is -2.31. The van der Waals surface area contributed by atoms with E-state index >= 15 is 0 Å². The standard InChI is InChI=1S/C13H26O2.C6H6N2O5/c1-2-3-4-5-6-7-8-9-10-11-12-13(14)15;9-5-1-3-6(4-2-5,7(10)11)8(12)13/h2-12H2,1H3,(H,14,15);1-3,9H,4H2. The first kappa shape index (κ1) is 25.6. The Hall–Kier alpha value is -2.45. The number of hydrogen-bond acceptors (Lipinski definition) is 6. The number of aliphatic hydroxyl groups excluding tert-OH is 1. The van der Waals surface area contributed by atoms with Gasteiger partial charge in [0.1, 0.15) is 22.0 Å². The Labute approximate surface area is 165 Å². The molecule has 0 amide bonds. The molecule has 0 radical (unpaired) electrons. The van der Waals surface area contributed by atoms with Gasteiger partial charge in [-0.3, -0.25) is 25.0 Å². The predicted octanol–water partition coefficient (Wildman–Crippen LogP) is 5.02. The van der Waals surface area contributed by atoms with Crippen LogP contribution in [-0.4, -0.2) is 31.7 Å². The molecule has 9 nitrogen and oxygen atoms in total. The van der Waals surface area contributed by atoms with Gasteiger partial charge in [-0.25, -0.2) is 0 Å². The van der Waals surface area contributed by atoms with Gasteiger partial charge in [0, 0.05) is 6.42 Å². The Morgan fingerprint density at radius 1 is 1.00 bits per heavy atom. The minimum absolute atomic E-state index is 0.195. The van der Waals surface area contributed by atoms with E-state index < -0.39 is 27.9 Å². The highest BCUT2D eigenvalue weighted by Crippen LogP contribution is 2.23. The topological polar surface area (TPSA) is 144 Å². The molecule has 0 aliphatic heterocycles. The molecule has 0 spiro atoms. The zero-order chi connectivity index (χ0) is 21.4. The number of nitro groups is 2. The molecule has 0 atom stereocenters. The van der Waals surface area contributed by atoms with Crippen LogP contribution in [0.5, 0.6) is 0 Å². The average Bonchev–Trinajstić information content (AvgIpc) is 2.64. The molecule has 28 heavy (non-hydrogen) atoms. The number of rotatable bonds is 13. The summed E-state index contributed by atoms with van der Waals surface area (Å²) >= 11 is 0. The normalized spacial score (nSPS) is 14.5. The molecule has 0 saturated heterocycles. The molecule has 1 aliphatic rings. The highest BCUT2D eigenvalue weighted by atomic mass is 16.7. The molecule has 0 aromatic rings. The molecule has 1 rings (SSSR count). The maximum Gasteiger partial charge on any atom is 0.481 e. The first-order chi connectivity index (χ1) is 13.3. The Bertz CT molecular complexity index is 544. The second-order valence-electron chi connectivity index (χ2n) is 6.88.